The average molecular weight is 237 g/mol. The van der Waals surface area contributed by atoms with Crippen molar-refractivity contribution in [3.05, 3.63) is 23.8 Å². The van der Waals surface area contributed by atoms with E-state index in [9.17, 15) is 9.59 Å². The lowest BCUT2D eigenvalue weighted by Crippen LogP contribution is -2.32. The maximum atomic E-state index is 11.8. The number of benzene rings is 1. The summed E-state index contributed by atoms with van der Waals surface area (Å²) in [5.74, 6) is -0.496. The third-order valence-corrected chi connectivity index (χ3v) is 2.39. The van der Waals surface area contributed by atoms with Crippen molar-refractivity contribution in [2.75, 3.05) is 6.79 Å². The predicted molar refractivity (Wildman–Crippen MR) is 57.1 cm³/mol. The van der Waals surface area contributed by atoms with Crippen molar-refractivity contribution in [3.63, 3.8) is 0 Å². The third kappa shape index (κ3) is 2.36. The van der Waals surface area contributed by atoms with Gasteiger partial charge in [0.15, 0.2) is 17.3 Å². The van der Waals surface area contributed by atoms with E-state index >= 15 is 0 Å². The Balaban J connectivity index is 2.17. The standard InChI is InChI=1S/C11H11NO5/c12-7(4-10(13)14)11(15)6-1-2-8-9(3-6)17-5-16-8/h1-3,7H,4-5,12H2,(H,13,14). The quantitative estimate of drug-likeness (QED) is 0.735. The Morgan fingerprint density at radius 1 is 1.35 bits per heavy atom. The van der Waals surface area contributed by atoms with Crippen molar-refractivity contribution >= 4 is 11.8 Å². The fourth-order valence-electron chi connectivity index (χ4n) is 1.54. The van der Waals surface area contributed by atoms with Crippen molar-refractivity contribution in [2.45, 2.75) is 12.5 Å². The molecule has 0 radical (unpaired) electrons. The Labute approximate surface area is 96.9 Å². The molecule has 0 saturated carbocycles. The van der Waals surface area contributed by atoms with E-state index in [4.69, 9.17) is 20.3 Å². The van der Waals surface area contributed by atoms with Crippen molar-refractivity contribution in [2.24, 2.45) is 5.73 Å². The van der Waals surface area contributed by atoms with Crippen LogP contribution in [0.5, 0.6) is 11.5 Å². The Morgan fingerprint density at radius 2 is 2.06 bits per heavy atom. The summed E-state index contributed by atoms with van der Waals surface area (Å²) in [4.78, 5) is 22.3. The number of ketones is 1. The minimum atomic E-state index is -1.11. The highest BCUT2D eigenvalue weighted by Gasteiger charge is 2.21. The monoisotopic (exact) mass is 237 g/mol. The van der Waals surface area contributed by atoms with E-state index in [1.165, 1.54) is 12.1 Å². The van der Waals surface area contributed by atoms with Crippen molar-refractivity contribution in [1.82, 2.24) is 0 Å². The van der Waals surface area contributed by atoms with Gasteiger partial charge in [0.05, 0.1) is 12.5 Å². The molecule has 1 aromatic carbocycles. The molecule has 1 aromatic rings. The van der Waals surface area contributed by atoms with Crippen molar-refractivity contribution in [3.8, 4) is 11.5 Å². The highest BCUT2D eigenvalue weighted by molar-refractivity contribution is 6.02. The summed E-state index contributed by atoms with van der Waals surface area (Å²) in [6.45, 7) is 0.119. The molecule has 0 saturated heterocycles. The average Bonchev–Trinajstić information content (AvgIpc) is 2.73. The number of ether oxygens (including phenoxy) is 2. The van der Waals surface area contributed by atoms with Crippen LogP contribution in [0.3, 0.4) is 0 Å². The second kappa shape index (κ2) is 4.42. The normalized spacial score (nSPS) is 14.4. The molecule has 1 atom stereocenters. The summed E-state index contributed by atoms with van der Waals surface area (Å²) in [7, 11) is 0. The lowest BCUT2D eigenvalue weighted by Gasteiger charge is -2.08. The second-order valence-electron chi connectivity index (χ2n) is 3.64. The van der Waals surface area contributed by atoms with Crippen LogP contribution < -0.4 is 15.2 Å². The number of carbonyl (C=O) groups is 2. The maximum absolute atomic E-state index is 11.8. The molecule has 0 amide bonds. The first-order chi connectivity index (χ1) is 8.08. The third-order valence-electron chi connectivity index (χ3n) is 2.39. The van der Waals surface area contributed by atoms with E-state index in [1.807, 2.05) is 0 Å². The highest BCUT2D eigenvalue weighted by atomic mass is 16.7. The molecule has 0 fully saturated rings. The van der Waals surface area contributed by atoms with Gasteiger partial charge in [-0.1, -0.05) is 0 Å². The van der Waals surface area contributed by atoms with Gasteiger partial charge >= 0.3 is 5.97 Å². The lowest BCUT2D eigenvalue weighted by molar-refractivity contribution is -0.137. The van der Waals surface area contributed by atoms with Crippen LogP contribution in [-0.2, 0) is 4.79 Å². The van der Waals surface area contributed by atoms with Crippen LogP contribution >= 0.6 is 0 Å². The first kappa shape index (κ1) is 11.4. The minimum Gasteiger partial charge on any atom is -0.481 e. The van der Waals surface area contributed by atoms with Crippen LogP contribution in [-0.4, -0.2) is 29.7 Å². The number of carboxylic acid groups (broad SMARTS) is 1. The summed E-state index contributed by atoms with van der Waals surface area (Å²) < 4.78 is 10.2. The molecule has 1 aliphatic heterocycles. The molecular weight excluding hydrogens is 226 g/mol. The zero-order valence-electron chi connectivity index (χ0n) is 8.88. The second-order valence-corrected chi connectivity index (χ2v) is 3.64. The summed E-state index contributed by atoms with van der Waals surface area (Å²) in [5, 5.41) is 8.56. The Bertz CT molecular complexity index is 471. The van der Waals surface area contributed by atoms with Crippen LogP contribution in [0.15, 0.2) is 18.2 Å². The molecule has 1 heterocycles. The molecule has 3 N–H and O–H groups in total. The smallest absolute Gasteiger partial charge is 0.305 e. The first-order valence-corrected chi connectivity index (χ1v) is 4.99. The van der Waals surface area contributed by atoms with Gasteiger partial charge in [-0.15, -0.1) is 0 Å². The topological polar surface area (TPSA) is 98.9 Å². The van der Waals surface area contributed by atoms with E-state index in [2.05, 4.69) is 0 Å². The molecule has 17 heavy (non-hydrogen) atoms. The van der Waals surface area contributed by atoms with Crippen molar-refractivity contribution in [1.29, 1.82) is 0 Å². The molecule has 0 bridgehead atoms. The number of carbonyl (C=O) groups excluding carboxylic acids is 1. The van der Waals surface area contributed by atoms with Crippen LogP contribution in [0.1, 0.15) is 16.8 Å². The molecule has 0 aromatic heterocycles. The van der Waals surface area contributed by atoms with Gasteiger partial charge in [0.2, 0.25) is 6.79 Å². The van der Waals surface area contributed by atoms with Crippen LogP contribution in [0.25, 0.3) is 0 Å². The summed E-state index contributed by atoms with van der Waals surface area (Å²) in [6, 6.07) is 3.60. The number of hydrogen-bond donors (Lipinski definition) is 2. The number of Topliss-reactive ketones (excluding diaryl/α,β-unsaturated/α-hetero) is 1. The lowest BCUT2D eigenvalue weighted by atomic mass is 10.0. The van der Waals surface area contributed by atoms with Gasteiger partial charge in [0, 0.05) is 5.56 Å². The summed E-state index contributed by atoms with van der Waals surface area (Å²) in [5.41, 5.74) is 5.82. The summed E-state index contributed by atoms with van der Waals surface area (Å²) in [6.07, 6.45) is -0.396. The number of aliphatic carboxylic acids is 1. The van der Waals surface area contributed by atoms with Crippen LogP contribution in [0.2, 0.25) is 0 Å². The zero-order valence-corrected chi connectivity index (χ0v) is 8.88. The molecule has 6 nitrogen and oxygen atoms in total. The first-order valence-electron chi connectivity index (χ1n) is 4.99. The van der Waals surface area contributed by atoms with E-state index < -0.39 is 24.2 Å². The molecule has 0 spiro atoms. The fraction of sp³-hybridized carbons (Fsp3) is 0.273. The number of carboxylic acids is 1. The predicted octanol–water partition coefficient (Wildman–Crippen LogP) is 0.400. The molecule has 2 rings (SSSR count). The van der Waals surface area contributed by atoms with E-state index in [-0.39, 0.29) is 6.79 Å². The van der Waals surface area contributed by atoms with E-state index in [1.54, 1.807) is 6.07 Å². The highest BCUT2D eigenvalue weighted by Crippen LogP contribution is 2.32. The van der Waals surface area contributed by atoms with Gasteiger partial charge in [0.1, 0.15) is 0 Å². The minimum absolute atomic E-state index is 0.119. The van der Waals surface area contributed by atoms with Gasteiger partial charge in [0.25, 0.3) is 0 Å². The van der Waals surface area contributed by atoms with Gasteiger partial charge in [-0.3, -0.25) is 9.59 Å². The number of hydrogen-bond acceptors (Lipinski definition) is 5. The van der Waals surface area contributed by atoms with Crippen molar-refractivity contribution < 1.29 is 24.2 Å². The largest absolute Gasteiger partial charge is 0.481 e. The number of fused-ring (bicyclic) bond motifs is 1. The Hall–Kier alpha value is -2.08. The number of rotatable bonds is 4. The molecular formula is C11H11NO5. The van der Waals surface area contributed by atoms with Crippen LogP contribution in [0, 0.1) is 0 Å². The number of nitrogens with two attached hydrogens (primary N) is 1. The molecule has 1 unspecified atom stereocenters. The van der Waals surface area contributed by atoms with E-state index in [0.29, 0.717) is 17.1 Å². The van der Waals surface area contributed by atoms with Gasteiger partial charge in [-0.2, -0.15) is 0 Å². The maximum Gasteiger partial charge on any atom is 0.305 e. The molecule has 1 aliphatic rings. The van der Waals surface area contributed by atoms with E-state index in [0.717, 1.165) is 0 Å². The van der Waals surface area contributed by atoms with Crippen LogP contribution in [0.4, 0.5) is 0 Å². The van der Waals surface area contributed by atoms with Gasteiger partial charge < -0.3 is 20.3 Å². The Morgan fingerprint density at radius 3 is 2.76 bits per heavy atom. The molecule has 90 valence electrons. The Kier molecular flexibility index (Phi) is 2.97. The summed E-state index contributed by atoms with van der Waals surface area (Å²) >= 11 is 0. The fourth-order valence-corrected chi connectivity index (χ4v) is 1.54. The van der Waals surface area contributed by atoms with Gasteiger partial charge in [-0.05, 0) is 18.2 Å². The molecule has 6 heteroatoms. The zero-order chi connectivity index (χ0) is 12.4. The molecule has 0 aliphatic carbocycles. The van der Waals surface area contributed by atoms with Gasteiger partial charge in [-0.25, -0.2) is 0 Å². The SMILES string of the molecule is NC(CC(=O)O)C(=O)c1ccc2c(c1)OCO2.